The SMILES string of the molecule is CCc1ccc2c(CN(C)[C@@H](C)c3nc4ccccc4s3)cc(=O)oc2c1. The van der Waals surface area contributed by atoms with Gasteiger partial charge in [0.05, 0.1) is 16.3 Å². The van der Waals surface area contributed by atoms with Crippen LogP contribution in [0.15, 0.2) is 57.7 Å². The molecule has 0 aliphatic rings. The highest BCUT2D eigenvalue weighted by Gasteiger charge is 2.18. The monoisotopic (exact) mass is 378 g/mol. The molecule has 4 nitrogen and oxygen atoms in total. The second kappa shape index (κ2) is 7.25. The van der Waals surface area contributed by atoms with Crippen LogP contribution in [0.1, 0.15) is 36.0 Å². The third-order valence-electron chi connectivity index (χ3n) is 5.05. The van der Waals surface area contributed by atoms with E-state index in [1.807, 2.05) is 24.3 Å². The van der Waals surface area contributed by atoms with Gasteiger partial charge in [0.25, 0.3) is 0 Å². The van der Waals surface area contributed by atoms with E-state index in [0.717, 1.165) is 27.9 Å². The average molecular weight is 378 g/mol. The van der Waals surface area contributed by atoms with Crippen molar-refractivity contribution in [1.82, 2.24) is 9.88 Å². The number of para-hydroxylation sites is 1. The van der Waals surface area contributed by atoms with E-state index in [-0.39, 0.29) is 11.7 Å². The minimum Gasteiger partial charge on any atom is -0.423 e. The molecule has 0 saturated heterocycles. The number of fused-ring (bicyclic) bond motifs is 2. The Morgan fingerprint density at radius 2 is 2.00 bits per heavy atom. The van der Waals surface area contributed by atoms with Crippen molar-refractivity contribution in [2.45, 2.75) is 32.9 Å². The van der Waals surface area contributed by atoms with Crippen molar-refractivity contribution >= 4 is 32.5 Å². The molecule has 0 unspecified atom stereocenters. The van der Waals surface area contributed by atoms with E-state index in [4.69, 9.17) is 9.40 Å². The molecule has 4 aromatic rings. The van der Waals surface area contributed by atoms with Crippen molar-refractivity contribution in [1.29, 1.82) is 0 Å². The van der Waals surface area contributed by atoms with Gasteiger partial charge in [-0.2, -0.15) is 0 Å². The van der Waals surface area contributed by atoms with E-state index in [0.29, 0.717) is 12.1 Å². The molecule has 0 N–H and O–H groups in total. The van der Waals surface area contributed by atoms with Gasteiger partial charge in [-0.25, -0.2) is 9.78 Å². The number of aromatic nitrogens is 1. The van der Waals surface area contributed by atoms with Gasteiger partial charge in [0, 0.05) is 18.0 Å². The topological polar surface area (TPSA) is 46.3 Å². The van der Waals surface area contributed by atoms with Gasteiger partial charge in [0.15, 0.2) is 0 Å². The number of aryl methyl sites for hydroxylation is 1. The number of rotatable bonds is 5. The Morgan fingerprint density at radius 1 is 1.19 bits per heavy atom. The predicted molar refractivity (Wildman–Crippen MR) is 111 cm³/mol. The van der Waals surface area contributed by atoms with Crippen LogP contribution in [-0.4, -0.2) is 16.9 Å². The van der Waals surface area contributed by atoms with E-state index in [1.165, 1.54) is 10.3 Å². The average Bonchev–Trinajstić information content (AvgIpc) is 3.10. The zero-order chi connectivity index (χ0) is 19.0. The number of benzene rings is 2. The number of nitrogens with zero attached hydrogens (tertiary/aromatic N) is 2. The predicted octanol–water partition coefficient (Wildman–Crippen LogP) is 5.16. The third-order valence-corrected chi connectivity index (χ3v) is 6.26. The molecule has 4 rings (SSSR count). The van der Waals surface area contributed by atoms with E-state index >= 15 is 0 Å². The van der Waals surface area contributed by atoms with Gasteiger partial charge in [-0.05, 0) is 49.7 Å². The molecular weight excluding hydrogens is 356 g/mol. The first kappa shape index (κ1) is 17.9. The van der Waals surface area contributed by atoms with Gasteiger partial charge >= 0.3 is 5.63 Å². The van der Waals surface area contributed by atoms with Gasteiger partial charge in [-0.1, -0.05) is 31.2 Å². The highest BCUT2D eigenvalue weighted by Crippen LogP contribution is 2.30. The van der Waals surface area contributed by atoms with E-state index in [2.05, 4.69) is 44.0 Å². The molecule has 0 amide bonds. The number of hydrogen-bond donors (Lipinski definition) is 0. The Labute approximate surface area is 162 Å². The Bertz CT molecular complexity index is 1130. The fourth-order valence-electron chi connectivity index (χ4n) is 3.29. The summed E-state index contributed by atoms with van der Waals surface area (Å²) in [6.45, 7) is 4.90. The van der Waals surface area contributed by atoms with Crippen LogP contribution in [0, 0.1) is 0 Å². The van der Waals surface area contributed by atoms with Crippen molar-refractivity contribution < 1.29 is 4.42 Å². The van der Waals surface area contributed by atoms with Crippen molar-refractivity contribution in [2.24, 2.45) is 0 Å². The largest absolute Gasteiger partial charge is 0.423 e. The Morgan fingerprint density at radius 3 is 2.78 bits per heavy atom. The lowest BCUT2D eigenvalue weighted by Gasteiger charge is -2.23. The summed E-state index contributed by atoms with van der Waals surface area (Å²) in [7, 11) is 2.07. The molecular formula is C22H22N2O2S. The molecule has 27 heavy (non-hydrogen) atoms. The standard InChI is InChI=1S/C22H22N2O2S/c1-4-15-9-10-17-16(12-21(25)26-19(17)11-15)13-24(3)14(2)22-23-18-7-5-6-8-20(18)27-22/h5-12,14H,4,13H2,1-3H3/t14-/m0/s1. The van der Waals surface area contributed by atoms with Crippen LogP contribution < -0.4 is 5.63 Å². The highest BCUT2D eigenvalue weighted by atomic mass is 32.1. The fourth-order valence-corrected chi connectivity index (χ4v) is 4.37. The van der Waals surface area contributed by atoms with E-state index in [9.17, 15) is 4.79 Å². The third kappa shape index (κ3) is 3.53. The number of hydrogen-bond acceptors (Lipinski definition) is 5. The van der Waals surface area contributed by atoms with Gasteiger partial charge in [-0.15, -0.1) is 11.3 Å². The van der Waals surface area contributed by atoms with Crippen LogP contribution in [0.25, 0.3) is 21.2 Å². The molecule has 0 spiro atoms. The second-order valence-corrected chi connectivity index (χ2v) is 7.95. The molecule has 1 atom stereocenters. The van der Waals surface area contributed by atoms with Crippen molar-refractivity contribution in [3.8, 4) is 0 Å². The summed E-state index contributed by atoms with van der Waals surface area (Å²) in [4.78, 5) is 19.0. The highest BCUT2D eigenvalue weighted by molar-refractivity contribution is 7.18. The molecule has 0 aliphatic carbocycles. The zero-order valence-corrected chi connectivity index (χ0v) is 16.5. The van der Waals surface area contributed by atoms with Crippen LogP contribution in [0.3, 0.4) is 0 Å². The van der Waals surface area contributed by atoms with Crippen LogP contribution in [0.5, 0.6) is 0 Å². The van der Waals surface area contributed by atoms with Gasteiger partial charge in [0.1, 0.15) is 10.6 Å². The summed E-state index contributed by atoms with van der Waals surface area (Å²) < 4.78 is 6.63. The van der Waals surface area contributed by atoms with Crippen molar-refractivity contribution in [3.05, 3.63) is 75.1 Å². The maximum Gasteiger partial charge on any atom is 0.336 e. The normalized spacial score (nSPS) is 12.9. The molecule has 0 aliphatic heterocycles. The van der Waals surface area contributed by atoms with Gasteiger partial charge < -0.3 is 4.42 Å². The molecule has 2 aromatic carbocycles. The summed E-state index contributed by atoms with van der Waals surface area (Å²) in [5, 5.41) is 2.08. The quantitative estimate of drug-likeness (QED) is 0.450. The molecule has 2 heterocycles. The van der Waals surface area contributed by atoms with Crippen LogP contribution >= 0.6 is 11.3 Å². The smallest absolute Gasteiger partial charge is 0.336 e. The summed E-state index contributed by atoms with van der Waals surface area (Å²) in [6, 6.07) is 16.1. The van der Waals surface area contributed by atoms with Crippen LogP contribution in [0.4, 0.5) is 0 Å². The molecule has 5 heteroatoms. The summed E-state index contributed by atoms with van der Waals surface area (Å²) in [6.07, 6.45) is 0.915. The van der Waals surface area contributed by atoms with Crippen molar-refractivity contribution in [3.63, 3.8) is 0 Å². The Kier molecular flexibility index (Phi) is 4.81. The zero-order valence-electron chi connectivity index (χ0n) is 15.7. The second-order valence-electron chi connectivity index (χ2n) is 6.89. The first-order chi connectivity index (χ1) is 13.0. The maximum atomic E-state index is 12.0. The molecule has 0 saturated carbocycles. The lowest BCUT2D eigenvalue weighted by atomic mass is 10.1. The Balaban J connectivity index is 1.65. The van der Waals surface area contributed by atoms with Crippen LogP contribution in [-0.2, 0) is 13.0 Å². The molecule has 138 valence electrons. The molecule has 0 radical (unpaired) electrons. The van der Waals surface area contributed by atoms with Gasteiger partial charge in [0.2, 0.25) is 0 Å². The lowest BCUT2D eigenvalue weighted by Crippen LogP contribution is -2.22. The van der Waals surface area contributed by atoms with E-state index in [1.54, 1.807) is 17.4 Å². The number of thiazole rings is 1. The van der Waals surface area contributed by atoms with Crippen LogP contribution in [0.2, 0.25) is 0 Å². The summed E-state index contributed by atoms with van der Waals surface area (Å²) >= 11 is 1.72. The summed E-state index contributed by atoms with van der Waals surface area (Å²) in [5.41, 5.74) is 3.55. The summed E-state index contributed by atoms with van der Waals surface area (Å²) in [5.74, 6) is 0. The van der Waals surface area contributed by atoms with E-state index < -0.39 is 0 Å². The minimum atomic E-state index is -0.299. The first-order valence-electron chi connectivity index (χ1n) is 9.16. The first-order valence-corrected chi connectivity index (χ1v) is 9.98. The molecule has 0 fully saturated rings. The maximum absolute atomic E-state index is 12.0. The van der Waals surface area contributed by atoms with Gasteiger partial charge in [-0.3, -0.25) is 4.90 Å². The molecule has 2 aromatic heterocycles. The minimum absolute atomic E-state index is 0.152. The lowest BCUT2D eigenvalue weighted by molar-refractivity contribution is 0.253. The molecule has 0 bridgehead atoms. The fraction of sp³-hybridized carbons (Fsp3) is 0.273. The Hall–Kier alpha value is -2.50. The van der Waals surface area contributed by atoms with Crippen molar-refractivity contribution in [2.75, 3.05) is 7.05 Å².